The van der Waals surface area contributed by atoms with Crippen molar-refractivity contribution in [3.05, 3.63) is 77.0 Å². The fourth-order valence-corrected chi connectivity index (χ4v) is 5.74. The number of benzene rings is 2. The van der Waals surface area contributed by atoms with E-state index in [1.807, 2.05) is 36.4 Å². The van der Waals surface area contributed by atoms with E-state index >= 15 is 0 Å². The second-order valence-electron chi connectivity index (χ2n) is 8.84. The van der Waals surface area contributed by atoms with Gasteiger partial charge in [-0.15, -0.1) is 21.5 Å². The zero-order valence-electron chi connectivity index (χ0n) is 20.0. The third-order valence-electron chi connectivity index (χ3n) is 6.53. The second-order valence-corrected chi connectivity index (χ2v) is 9.87. The van der Waals surface area contributed by atoms with E-state index in [0.717, 1.165) is 34.3 Å². The molecule has 0 radical (unpaired) electrons. The summed E-state index contributed by atoms with van der Waals surface area (Å²) in [6.07, 6.45) is 4.76. The van der Waals surface area contributed by atoms with Gasteiger partial charge in [-0.3, -0.25) is 0 Å². The van der Waals surface area contributed by atoms with Crippen molar-refractivity contribution in [2.24, 2.45) is 0 Å². The van der Waals surface area contributed by atoms with Crippen LogP contribution in [0.15, 0.2) is 59.0 Å². The van der Waals surface area contributed by atoms with E-state index in [2.05, 4.69) is 33.7 Å². The first kappa shape index (κ1) is 22.4. The molecule has 3 heterocycles. The van der Waals surface area contributed by atoms with Gasteiger partial charge in [0.2, 0.25) is 5.88 Å². The summed E-state index contributed by atoms with van der Waals surface area (Å²) in [6.45, 7) is 1.74. The smallest absolute Gasteiger partial charge is 0.342 e. The zero-order chi connectivity index (χ0) is 24.6. The van der Waals surface area contributed by atoms with E-state index in [9.17, 15) is 4.79 Å². The van der Waals surface area contributed by atoms with E-state index in [0.29, 0.717) is 33.6 Å². The SMILES string of the molecule is COC(=O)c1c(C)oc(Nc2ccc(-c3ccc4c(c3)CCCC4)nn2)c1-c1nc2ccccc2s1. The first-order valence-electron chi connectivity index (χ1n) is 11.9. The zero-order valence-corrected chi connectivity index (χ0v) is 20.8. The average molecular weight is 497 g/mol. The Morgan fingerprint density at radius 1 is 1.03 bits per heavy atom. The molecule has 1 aliphatic rings. The number of aryl methyl sites for hydroxylation is 3. The summed E-state index contributed by atoms with van der Waals surface area (Å²) < 4.78 is 12.0. The number of para-hydroxylation sites is 1. The van der Waals surface area contributed by atoms with Crippen LogP contribution in [-0.4, -0.2) is 28.3 Å². The molecule has 0 saturated carbocycles. The topological polar surface area (TPSA) is 90.1 Å². The molecule has 3 aromatic heterocycles. The van der Waals surface area contributed by atoms with E-state index in [1.165, 1.54) is 42.4 Å². The Morgan fingerprint density at radius 3 is 2.64 bits per heavy atom. The molecule has 7 nitrogen and oxygen atoms in total. The van der Waals surface area contributed by atoms with Gasteiger partial charge in [-0.25, -0.2) is 9.78 Å². The second kappa shape index (κ2) is 9.20. The normalized spacial score (nSPS) is 12.9. The monoisotopic (exact) mass is 496 g/mol. The lowest BCUT2D eigenvalue weighted by atomic mass is 9.90. The molecule has 0 amide bonds. The van der Waals surface area contributed by atoms with Gasteiger partial charge in [0.15, 0.2) is 5.82 Å². The van der Waals surface area contributed by atoms with Crippen molar-refractivity contribution >= 4 is 39.2 Å². The Labute approximate surface area is 212 Å². The van der Waals surface area contributed by atoms with Gasteiger partial charge < -0.3 is 14.5 Å². The molecule has 0 saturated heterocycles. The van der Waals surface area contributed by atoms with E-state index in [4.69, 9.17) is 14.1 Å². The molecule has 36 heavy (non-hydrogen) atoms. The van der Waals surface area contributed by atoms with Crippen LogP contribution < -0.4 is 5.32 Å². The van der Waals surface area contributed by atoms with Gasteiger partial charge in [-0.05, 0) is 74.1 Å². The van der Waals surface area contributed by atoms with Crippen LogP contribution in [0.1, 0.15) is 40.1 Å². The van der Waals surface area contributed by atoms with Crippen LogP contribution in [0.25, 0.3) is 32.0 Å². The predicted octanol–water partition coefficient (Wildman–Crippen LogP) is 6.73. The first-order chi connectivity index (χ1) is 17.6. The summed E-state index contributed by atoms with van der Waals surface area (Å²) >= 11 is 1.49. The lowest BCUT2D eigenvalue weighted by Gasteiger charge is -2.16. The third-order valence-corrected chi connectivity index (χ3v) is 7.59. The van der Waals surface area contributed by atoms with Crippen molar-refractivity contribution < 1.29 is 13.9 Å². The number of thiazole rings is 1. The number of nitrogens with zero attached hydrogens (tertiary/aromatic N) is 3. The molecule has 0 spiro atoms. The molecule has 5 aromatic rings. The molecule has 2 aromatic carbocycles. The summed E-state index contributed by atoms with van der Waals surface area (Å²) in [7, 11) is 1.36. The lowest BCUT2D eigenvalue weighted by Crippen LogP contribution is -2.04. The minimum atomic E-state index is -0.479. The predicted molar refractivity (Wildman–Crippen MR) is 141 cm³/mol. The van der Waals surface area contributed by atoms with Crippen LogP contribution >= 0.6 is 11.3 Å². The molecule has 1 aliphatic carbocycles. The van der Waals surface area contributed by atoms with Gasteiger partial charge >= 0.3 is 5.97 Å². The molecule has 1 N–H and O–H groups in total. The highest BCUT2D eigenvalue weighted by Crippen LogP contribution is 2.41. The number of nitrogens with one attached hydrogen (secondary N) is 1. The minimum Gasteiger partial charge on any atom is -0.465 e. The van der Waals surface area contributed by atoms with Crippen LogP contribution in [0.3, 0.4) is 0 Å². The Balaban J connectivity index is 1.35. The molecular weight excluding hydrogens is 472 g/mol. The minimum absolute atomic E-state index is 0.345. The maximum atomic E-state index is 12.7. The molecule has 0 bridgehead atoms. The number of rotatable bonds is 5. The fraction of sp³-hybridized carbons (Fsp3) is 0.214. The number of ether oxygens (including phenoxy) is 1. The van der Waals surface area contributed by atoms with Crippen molar-refractivity contribution in [2.75, 3.05) is 12.4 Å². The largest absolute Gasteiger partial charge is 0.465 e. The Bertz CT molecular complexity index is 1550. The van der Waals surface area contributed by atoms with Gasteiger partial charge in [-0.1, -0.05) is 24.3 Å². The maximum Gasteiger partial charge on any atom is 0.342 e. The Hall–Kier alpha value is -4.04. The van der Waals surface area contributed by atoms with Crippen molar-refractivity contribution in [3.63, 3.8) is 0 Å². The molecule has 0 atom stereocenters. The van der Waals surface area contributed by atoms with Gasteiger partial charge in [0.25, 0.3) is 0 Å². The molecule has 0 unspecified atom stereocenters. The van der Waals surface area contributed by atoms with Gasteiger partial charge in [-0.2, -0.15) is 0 Å². The highest BCUT2D eigenvalue weighted by molar-refractivity contribution is 7.21. The Kier molecular flexibility index (Phi) is 5.73. The van der Waals surface area contributed by atoms with Crippen molar-refractivity contribution in [1.82, 2.24) is 15.2 Å². The Morgan fingerprint density at radius 2 is 1.86 bits per heavy atom. The average Bonchev–Trinajstić information content (AvgIpc) is 3.48. The van der Waals surface area contributed by atoms with E-state index < -0.39 is 5.97 Å². The van der Waals surface area contributed by atoms with Crippen LogP contribution in [0, 0.1) is 6.92 Å². The highest BCUT2D eigenvalue weighted by atomic mass is 32.1. The van der Waals surface area contributed by atoms with Crippen molar-refractivity contribution in [3.8, 4) is 21.8 Å². The molecule has 0 fully saturated rings. The molecule has 6 rings (SSSR count). The molecular formula is C28H24N4O3S. The highest BCUT2D eigenvalue weighted by Gasteiger charge is 2.28. The number of hydrogen-bond acceptors (Lipinski definition) is 8. The summed E-state index contributed by atoms with van der Waals surface area (Å²) in [5, 5.41) is 12.7. The number of esters is 1. The van der Waals surface area contributed by atoms with Crippen molar-refractivity contribution in [1.29, 1.82) is 0 Å². The third kappa shape index (κ3) is 4.03. The quantitative estimate of drug-likeness (QED) is 0.270. The summed E-state index contributed by atoms with van der Waals surface area (Å²) in [5.74, 6) is 0.844. The standard InChI is InChI=1S/C28H24N4O3S/c1-16-24(28(33)34-2)25(27-29-21-9-5-6-10-22(21)36-27)26(35-16)30-23-14-13-20(31-32-23)19-12-11-17-7-3-4-8-18(17)15-19/h5-6,9-15H,3-4,7-8H2,1-2H3,(H,30,32). The summed E-state index contributed by atoms with van der Waals surface area (Å²) in [5.41, 5.74) is 6.47. The fourth-order valence-electron chi connectivity index (χ4n) is 4.73. The van der Waals surface area contributed by atoms with Gasteiger partial charge in [0, 0.05) is 5.56 Å². The summed E-state index contributed by atoms with van der Waals surface area (Å²) in [4.78, 5) is 17.4. The lowest BCUT2D eigenvalue weighted by molar-refractivity contribution is 0.0599. The number of fused-ring (bicyclic) bond motifs is 2. The molecule has 180 valence electrons. The first-order valence-corrected chi connectivity index (χ1v) is 12.7. The van der Waals surface area contributed by atoms with E-state index in [1.54, 1.807) is 6.92 Å². The van der Waals surface area contributed by atoms with Crippen molar-refractivity contribution in [2.45, 2.75) is 32.6 Å². The van der Waals surface area contributed by atoms with Gasteiger partial charge in [0.1, 0.15) is 16.3 Å². The number of aromatic nitrogens is 3. The van der Waals surface area contributed by atoms with Crippen LogP contribution in [0.4, 0.5) is 11.7 Å². The number of carbonyl (C=O) groups excluding carboxylic acids is 1. The van der Waals surface area contributed by atoms with Crippen LogP contribution in [0.5, 0.6) is 0 Å². The molecule has 0 aliphatic heterocycles. The van der Waals surface area contributed by atoms with E-state index in [-0.39, 0.29) is 0 Å². The van der Waals surface area contributed by atoms with Crippen LogP contribution in [-0.2, 0) is 17.6 Å². The number of carbonyl (C=O) groups is 1. The van der Waals surface area contributed by atoms with Crippen LogP contribution in [0.2, 0.25) is 0 Å². The number of anilines is 2. The number of methoxy groups -OCH3 is 1. The molecule has 8 heteroatoms. The summed E-state index contributed by atoms with van der Waals surface area (Å²) in [6, 6.07) is 18.2. The van der Waals surface area contributed by atoms with Gasteiger partial charge in [0.05, 0.1) is 28.6 Å². The maximum absolute atomic E-state index is 12.7. The number of hydrogen-bond donors (Lipinski definition) is 1. The number of furan rings is 1.